The van der Waals surface area contributed by atoms with Crippen LogP contribution in [0, 0.1) is 11.3 Å². The molecule has 1 aromatic heterocycles. The normalized spacial score (nSPS) is 15.6. The lowest BCUT2D eigenvalue weighted by molar-refractivity contribution is 0.180. The first-order chi connectivity index (χ1) is 13.1. The van der Waals surface area contributed by atoms with E-state index in [9.17, 15) is 10.4 Å². The van der Waals surface area contributed by atoms with Crippen molar-refractivity contribution in [1.29, 1.82) is 5.26 Å². The Labute approximate surface area is 163 Å². The lowest BCUT2D eigenvalue weighted by Crippen LogP contribution is -2.06. The Hall–Kier alpha value is -2.61. The van der Waals surface area contributed by atoms with E-state index < -0.39 is 0 Å². The predicted molar refractivity (Wildman–Crippen MR) is 109 cm³/mol. The van der Waals surface area contributed by atoms with Gasteiger partial charge in [0.25, 0.3) is 0 Å². The second-order valence-corrected chi connectivity index (χ2v) is 8.16. The third-order valence-corrected chi connectivity index (χ3v) is 6.03. The van der Waals surface area contributed by atoms with Crippen molar-refractivity contribution in [1.82, 2.24) is 0 Å². The zero-order chi connectivity index (χ0) is 19.0. The first kappa shape index (κ1) is 17.8. The van der Waals surface area contributed by atoms with Crippen molar-refractivity contribution >= 4 is 11.3 Å². The van der Waals surface area contributed by atoms with Crippen LogP contribution < -0.4 is 4.74 Å². The zero-order valence-electron chi connectivity index (χ0n) is 15.4. The fourth-order valence-corrected chi connectivity index (χ4v) is 4.68. The van der Waals surface area contributed by atoms with Crippen molar-refractivity contribution in [3.05, 3.63) is 65.2 Å². The molecule has 0 unspecified atom stereocenters. The Morgan fingerprint density at radius 2 is 1.96 bits per heavy atom. The van der Waals surface area contributed by atoms with Gasteiger partial charge in [0.15, 0.2) is 0 Å². The van der Waals surface area contributed by atoms with E-state index >= 15 is 0 Å². The molecular weight excluding hydrogens is 354 g/mol. The van der Waals surface area contributed by atoms with Gasteiger partial charge in [0.2, 0.25) is 0 Å². The van der Waals surface area contributed by atoms with Crippen LogP contribution in [0.5, 0.6) is 5.75 Å². The molecule has 2 aromatic carbocycles. The summed E-state index contributed by atoms with van der Waals surface area (Å²) >= 11 is 1.71. The fourth-order valence-electron chi connectivity index (χ4n) is 3.63. The van der Waals surface area contributed by atoms with Gasteiger partial charge in [0.05, 0.1) is 17.8 Å². The van der Waals surface area contributed by atoms with Crippen LogP contribution in [-0.2, 0) is 6.42 Å². The molecule has 1 aliphatic carbocycles. The van der Waals surface area contributed by atoms with Gasteiger partial charge in [-0.25, -0.2) is 0 Å². The van der Waals surface area contributed by atoms with Gasteiger partial charge < -0.3 is 9.84 Å². The van der Waals surface area contributed by atoms with Crippen LogP contribution in [0.3, 0.4) is 0 Å². The Kier molecular flexibility index (Phi) is 4.73. The van der Waals surface area contributed by atoms with Crippen LogP contribution in [0.1, 0.15) is 43.1 Å². The minimum absolute atomic E-state index is 0.0341. The second-order valence-electron chi connectivity index (χ2n) is 7.08. The summed E-state index contributed by atoms with van der Waals surface area (Å²) in [6, 6.07) is 18.4. The maximum absolute atomic E-state index is 10.1. The molecule has 4 rings (SSSR count). The van der Waals surface area contributed by atoms with E-state index in [0.717, 1.165) is 28.8 Å². The van der Waals surface area contributed by atoms with Gasteiger partial charge in [-0.1, -0.05) is 18.2 Å². The van der Waals surface area contributed by atoms with Crippen molar-refractivity contribution in [2.45, 2.75) is 38.9 Å². The molecule has 136 valence electrons. The number of nitrogens with zero attached hydrogens (tertiary/aromatic N) is 1. The number of hydrogen-bond donors (Lipinski definition) is 1. The van der Waals surface area contributed by atoms with Crippen LogP contribution in [0.4, 0.5) is 0 Å². The molecule has 1 heterocycles. The molecule has 0 saturated carbocycles. The zero-order valence-corrected chi connectivity index (χ0v) is 16.2. The van der Waals surface area contributed by atoms with E-state index in [1.807, 2.05) is 44.2 Å². The summed E-state index contributed by atoms with van der Waals surface area (Å²) < 4.78 is 5.72. The molecule has 27 heavy (non-hydrogen) atoms. The first-order valence-corrected chi connectivity index (χ1v) is 9.99. The summed E-state index contributed by atoms with van der Waals surface area (Å²) in [5, 5.41) is 19.6. The average Bonchev–Trinajstić information content (AvgIpc) is 3.29. The molecule has 0 saturated heterocycles. The van der Waals surface area contributed by atoms with Gasteiger partial charge in [0.1, 0.15) is 11.8 Å². The third kappa shape index (κ3) is 3.37. The van der Waals surface area contributed by atoms with E-state index in [-0.39, 0.29) is 12.2 Å². The standard InChI is InChI=1S/C23H21NO2S/c1-14(2)26-21-9-6-15(12-16(21)13-24)22-10-11-23(27-22)19-5-3-4-18-17(19)7-8-20(18)25/h3-6,9-12,14,20,25H,7-8H2,1-2H3/t20-/m1/s1. The maximum Gasteiger partial charge on any atom is 0.137 e. The van der Waals surface area contributed by atoms with Crippen LogP contribution in [0.15, 0.2) is 48.5 Å². The molecule has 3 nitrogen and oxygen atoms in total. The average molecular weight is 375 g/mol. The summed E-state index contributed by atoms with van der Waals surface area (Å²) in [6.07, 6.45) is 1.41. The van der Waals surface area contributed by atoms with Crippen LogP contribution in [-0.4, -0.2) is 11.2 Å². The van der Waals surface area contributed by atoms with E-state index in [4.69, 9.17) is 4.74 Å². The lowest BCUT2D eigenvalue weighted by atomic mass is 10.0. The largest absolute Gasteiger partial charge is 0.490 e. The molecule has 0 fully saturated rings. The smallest absolute Gasteiger partial charge is 0.137 e. The van der Waals surface area contributed by atoms with Gasteiger partial charge in [-0.15, -0.1) is 11.3 Å². The molecule has 1 aliphatic rings. The van der Waals surface area contributed by atoms with Crippen LogP contribution in [0.25, 0.3) is 20.9 Å². The molecule has 1 N–H and O–H groups in total. The van der Waals surface area contributed by atoms with E-state index in [2.05, 4.69) is 24.3 Å². The minimum Gasteiger partial charge on any atom is -0.490 e. The summed E-state index contributed by atoms with van der Waals surface area (Å²) in [6.45, 7) is 3.91. The highest BCUT2D eigenvalue weighted by Gasteiger charge is 2.23. The van der Waals surface area contributed by atoms with Crippen molar-refractivity contribution in [3.63, 3.8) is 0 Å². The molecular formula is C23H21NO2S. The summed E-state index contributed by atoms with van der Waals surface area (Å²) in [4.78, 5) is 2.31. The van der Waals surface area contributed by atoms with E-state index in [0.29, 0.717) is 11.3 Å². The van der Waals surface area contributed by atoms with Crippen molar-refractivity contribution < 1.29 is 9.84 Å². The van der Waals surface area contributed by atoms with Gasteiger partial charge in [-0.3, -0.25) is 0 Å². The highest BCUT2D eigenvalue weighted by molar-refractivity contribution is 7.18. The number of fused-ring (bicyclic) bond motifs is 1. The third-order valence-electron chi connectivity index (χ3n) is 4.86. The minimum atomic E-state index is -0.342. The SMILES string of the molecule is CC(C)Oc1ccc(-c2ccc(-c3cccc4c3CC[C@H]4O)s2)cc1C#N. The lowest BCUT2D eigenvalue weighted by Gasteiger charge is -2.11. The number of nitriles is 1. The van der Waals surface area contributed by atoms with Gasteiger partial charge in [0, 0.05) is 9.75 Å². The predicted octanol–water partition coefficient (Wildman–Crippen LogP) is 5.72. The number of rotatable bonds is 4. The Balaban J connectivity index is 1.69. The fraction of sp³-hybridized carbons (Fsp3) is 0.261. The molecule has 1 atom stereocenters. The molecule has 0 radical (unpaired) electrons. The number of aliphatic hydroxyl groups excluding tert-OH is 1. The summed E-state index contributed by atoms with van der Waals surface area (Å²) in [5.41, 5.74) is 5.10. The van der Waals surface area contributed by atoms with E-state index in [1.165, 1.54) is 16.0 Å². The second kappa shape index (κ2) is 7.19. The van der Waals surface area contributed by atoms with Gasteiger partial charge in [-0.2, -0.15) is 5.26 Å². The summed E-state index contributed by atoms with van der Waals surface area (Å²) in [5.74, 6) is 0.628. The number of thiophene rings is 1. The van der Waals surface area contributed by atoms with Crippen molar-refractivity contribution in [2.24, 2.45) is 0 Å². The van der Waals surface area contributed by atoms with Crippen LogP contribution in [0.2, 0.25) is 0 Å². The van der Waals surface area contributed by atoms with E-state index in [1.54, 1.807) is 11.3 Å². The van der Waals surface area contributed by atoms with Crippen molar-refractivity contribution in [3.8, 4) is 32.7 Å². The molecule has 0 bridgehead atoms. The molecule has 0 spiro atoms. The Morgan fingerprint density at radius 1 is 1.15 bits per heavy atom. The monoisotopic (exact) mass is 375 g/mol. The summed E-state index contributed by atoms with van der Waals surface area (Å²) in [7, 11) is 0. The maximum atomic E-state index is 10.1. The molecule has 0 aliphatic heterocycles. The molecule has 4 heteroatoms. The number of benzene rings is 2. The van der Waals surface area contributed by atoms with Gasteiger partial charge >= 0.3 is 0 Å². The number of aliphatic hydroxyl groups is 1. The highest BCUT2D eigenvalue weighted by Crippen LogP contribution is 2.42. The quantitative estimate of drug-likeness (QED) is 0.634. The molecule has 0 amide bonds. The highest BCUT2D eigenvalue weighted by atomic mass is 32.1. The molecule has 3 aromatic rings. The Bertz CT molecular complexity index is 1030. The van der Waals surface area contributed by atoms with Crippen molar-refractivity contribution in [2.75, 3.05) is 0 Å². The Morgan fingerprint density at radius 3 is 2.74 bits per heavy atom. The number of hydrogen-bond acceptors (Lipinski definition) is 4. The topological polar surface area (TPSA) is 53.2 Å². The number of ether oxygens (including phenoxy) is 1. The first-order valence-electron chi connectivity index (χ1n) is 9.18. The van der Waals surface area contributed by atoms with Gasteiger partial charge in [-0.05, 0) is 79.3 Å². The van der Waals surface area contributed by atoms with Crippen LogP contribution >= 0.6 is 11.3 Å².